The molecular formula is C24H33N3O2S. The molecule has 4 rings (SSSR count). The van der Waals surface area contributed by atoms with E-state index in [9.17, 15) is 4.79 Å². The summed E-state index contributed by atoms with van der Waals surface area (Å²) in [6.07, 6.45) is 7.87. The van der Waals surface area contributed by atoms with Gasteiger partial charge in [-0.25, -0.2) is 4.98 Å². The highest BCUT2D eigenvalue weighted by molar-refractivity contribution is 7.09. The molecule has 2 heterocycles. The number of likely N-dealkylation sites (tertiary alicyclic amines) is 1. The predicted molar refractivity (Wildman–Crippen MR) is 121 cm³/mol. The number of thiazole rings is 1. The van der Waals surface area contributed by atoms with Gasteiger partial charge in [0.25, 0.3) is 5.91 Å². The number of aryl methyl sites for hydroxylation is 1. The standard InChI is InChI=1S/C24H33N3O2S/c1-17-16-30-23(25-17)18(2)26(3)24(28)19-7-6-10-22(15-19)29-21-11-13-27(14-12-21)20-8-4-5-9-20/h6-7,10,15-16,18,20-21H,4-5,8-9,11-14H2,1-3H3/t18-/m1/s1. The zero-order valence-corrected chi connectivity index (χ0v) is 19.2. The fraction of sp³-hybridized carbons (Fsp3) is 0.583. The van der Waals surface area contributed by atoms with E-state index >= 15 is 0 Å². The van der Waals surface area contributed by atoms with E-state index in [1.165, 1.54) is 25.7 Å². The lowest BCUT2D eigenvalue weighted by atomic mass is 10.0. The first-order valence-corrected chi connectivity index (χ1v) is 12.1. The van der Waals surface area contributed by atoms with Crippen molar-refractivity contribution >= 4 is 17.2 Å². The minimum atomic E-state index is -0.0549. The van der Waals surface area contributed by atoms with Crippen molar-refractivity contribution in [2.24, 2.45) is 0 Å². The summed E-state index contributed by atoms with van der Waals surface area (Å²) in [5.74, 6) is 0.795. The van der Waals surface area contributed by atoms with E-state index < -0.39 is 0 Å². The van der Waals surface area contributed by atoms with E-state index in [1.54, 1.807) is 16.2 Å². The van der Waals surface area contributed by atoms with Gasteiger partial charge in [0.2, 0.25) is 0 Å². The third kappa shape index (κ3) is 4.86. The van der Waals surface area contributed by atoms with Crippen molar-refractivity contribution in [1.29, 1.82) is 0 Å². The number of hydrogen-bond donors (Lipinski definition) is 0. The maximum Gasteiger partial charge on any atom is 0.254 e. The Balaban J connectivity index is 1.35. The topological polar surface area (TPSA) is 45.7 Å². The van der Waals surface area contributed by atoms with Gasteiger partial charge in [-0.3, -0.25) is 4.79 Å². The Bertz CT molecular complexity index is 854. The fourth-order valence-electron chi connectivity index (χ4n) is 4.63. The normalized spacial score (nSPS) is 19.7. The first kappa shape index (κ1) is 21.3. The Hall–Kier alpha value is -1.92. The number of ether oxygens (including phenoxy) is 1. The Kier molecular flexibility index (Phi) is 6.74. The van der Waals surface area contributed by atoms with Gasteiger partial charge in [-0.1, -0.05) is 18.9 Å². The number of nitrogens with zero attached hydrogens (tertiary/aromatic N) is 3. The molecule has 0 spiro atoms. The second-order valence-electron chi connectivity index (χ2n) is 8.74. The molecule has 2 aromatic rings. The van der Waals surface area contributed by atoms with E-state index in [2.05, 4.69) is 9.88 Å². The van der Waals surface area contributed by atoms with E-state index in [0.717, 1.165) is 48.4 Å². The highest BCUT2D eigenvalue weighted by atomic mass is 32.1. The van der Waals surface area contributed by atoms with Gasteiger partial charge in [0.05, 0.1) is 6.04 Å². The quantitative estimate of drug-likeness (QED) is 0.646. The highest BCUT2D eigenvalue weighted by Gasteiger charge is 2.28. The molecule has 6 heteroatoms. The second-order valence-corrected chi connectivity index (χ2v) is 9.63. The number of carbonyl (C=O) groups is 1. The Morgan fingerprint density at radius 1 is 1.23 bits per heavy atom. The molecule has 1 atom stereocenters. The van der Waals surface area contributed by atoms with E-state index in [-0.39, 0.29) is 18.1 Å². The van der Waals surface area contributed by atoms with Crippen LogP contribution in [0, 0.1) is 6.92 Å². The number of amides is 1. The molecule has 1 amide bonds. The van der Waals surface area contributed by atoms with Gasteiger partial charge in [0.1, 0.15) is 16.9 Å². The number of aromatic nitrogens is 1. The molecule has 0 N–H and O–H groups in total. The number of carbonyl (C=O) groups excluding carboxylic acids is 1. The van der Waals surface area contributed by atoms with Crippen LogP contribution in [0.4, 0.5) is 0 Å². The molecule has 1 aliphatic carbocycles. The highest BCUT2D eigenvalue weighted by Crippen LogP contribution is 2.28. The summed E-state index contributed by atoms with van der Waals surface area (Å²) < 4.78 is 6.28. The van der Waals surface area contributed by atoms with Crippen molar-refractivity contribution in [1.82, 2.24) is 14.8 Å². The molecule has 0 radical (unpaired) electrons. The van der Waals surface area contributed by atoms with Crippen LogP contribution in [0.3, 0.4) is 0 Å². The van der Waals surface area contributed by atoms with Gasteiger partial charge in [-0.2, -0.15) is 0 Å². The Morgan fingerprint density at radius 3 is 2.63 bits per heavy atom. The SMILES string of the molecule is Cc1csc([C@@H](C)N(C)C(=O)c2cccc(OC3CCN(C4CCCC4)CC3)c2)n1. The van der Waals surface area contributed by atoms with E-state index in [1.807, 2.05) is 50.5 Å². The van der Waals surface area contributed by atoms with E-state index in [4.69, 9.17) is 4.74 Å². The molecule has 0 unspecified atom stereocenters. The Morgan fingerprint density at radius 2 is 1.97 bits per heavy atom. The van der Waals surface area contributed by atoms with Crippen LogP contribution in [0.25, 0.3) is 0 Å². The first-order valence-electron chi connectivity index (χ1n) is 11.2. The maximum absolute atomic E-state index is 13.0. The lowest BCUT2D eigenvalue weighted by Crippen LogP contribution is -2.43. The van der Waals surface area contributed by atoms with Crippen LogP contribution in [0.15, 0.2) is 29.6 Å². The average molecular weight is 428 g/mol. The predicted octanol–water partition coefficient (Wildman–Crippen LogP) is 5.07. The van der Waals surface area contributed by atoms with Gasteiger partial charge in [0, 0.05) is 42.8 Å². The molecule has 30 heavy (non-hydrogen) atoms. The monoisotopic (exact) mass is 427 g/mol. The van der Waals surface area contributed by atoms with Crippen molar-refractivity contribution in [2.75, 3.05) is 20.1 Å². The molecule has 1 aromatic carbocycles. The lowest BCUT2D eigenvalue weighted by molar-refractivity contribution is 0.0729. The third-order valence-electron chi connectivity index (χ3n) is 6.60. The molecule has 1 saturated heterocycles. The molecule has 1 aromatic heterocycles. The number of rotatable bonds is 6. The summed E-state index contributed by atoms with van der Waals surface area (Å²) in [7, 11) is 1.84. The van der Waals surface area contributed by atoms with Crippen LogP contribution in [-0.2, 0) is 0 Å². The summed E-state index contributed by atoms with van der Waals surface area (Å²) in [5.41, 5.74) is 1.66. The van der Waals surface area contributed by atoms with Crippen molar-refractivity contribution < 1.29 is 9.53 Å². The zero-order chi connectivity index (χ0) is 21.1. The van der Waals surface area contributed by atoms with Crippen molar-refractivity contribution in [2.45, 2.75) is 70.6 Å². The van der Waals surface area contributed by atoms with Crippen LogP contribution < -0.4 is 4.74 Å². The smallest absolute Gasteiger partial charge is 0.254 e. The van der Waals surface area contributed by atoms with Crippen LogP contribution >= 0.6 is 11.3 Å². The van der Waals surface area contributed by atoms with Crippen LogP contribution in [0.5, 0.6) is 5.75 Å². The summed E-state index contributed by atoms with van der Waals surface area (Å²) in [5, 5.41) is 2.99. The molecule has 1 saturated carbocycles. The van der Waals surface area contributed by atoms with Gasteiger partial charge in [-0.05, 0) is 57.7 Å². The van der Waals surface area contributed by atoms with Crippen molar-refractivity contribution in [3.63, 3.8) is 0 Å². The molecule has 162 valence electrons. The van der Waals surface area contributed by atoms with Gasteiger partial charge >= 0.3 is 0 Å². The van der Waals surface area contributed by atoms with Crippen LogP contribution in [0.1, 0.15) is 72.6 Å². The zero-order valence-electron chi connectivity index (χ0n) is 18.3. The summed E-state index contributed by atoms with van der Waals surface area (Å²) in [6.45, 7) is 6.26. The minimum Gasteiger partial charge on any atom is -0.490 e. The lowest BCUT2D eigenvalue weighted by Gasteiger charge is -2.36. The largest absolute Gasteiger partial charge is 0.490 e. The minimum absolute atomic E-state index is 0.00291. The Labute approximate surface area is 184 Å². The summed E-state index contributed by atoms with van der Waals surface area (Å²) in [6, 6.07) is 8.39. The second kappa shape index (κ2) is 9.48. The number of benzene rings is 1. The maximum atomic E-state index is 13.0. The van der Waals surface area contributed by atoms with E-state index in [0.29, 0.717) is 5.56 Å². The van der Waals surface area contributed by atoms with Crippen LogP contribution in [0.2, 0.25) is 0 Å². The first-order chi connectivity index (χ1) is 14.5. The van der Waals surface area contributed by atoms with Gasteiger partial charge < -0.3 is 14.5 Å². The van der Waals surface area contributed by atoms with Gasteiger partial charge in [-0.15, -0.1) is 11.3 Å². The van der Waals surface area contributed by atoms with Gasteiger partial charge in [0.15, 0.2) is 0 Å². The summed E-state index contributed by atoms with van der Waals surface area (Å²) >= 11 is 1.60. The fourth-order valence-corrected chi connectivity index (χ4v) is 5.53. The molecular weight excluding hydrogens is 394 g/mol. The van der Waals surface area contributed by atoms with Crippen molar-refractivity contribution in [3.8, 4) is 5.75 Å². The number of hydrogen-bond acceptors (Lipinski definition) is 5. The third-order valence-corrected chi connectivity index (χ3v) is 7.73. The number of piperidine rings is 1. The molecule has 5 nitrogen and oxygen atoms in total. The van der Waals surface area contributed by atoms with Crippen molar-refractivity contribution in [3.05, 3.63) is 45.9 Å². The molecule has 2 fully saturated rings. The average Bonchev–Trinajstić information content (AvgIpc) is 3.45. The van der Waals surface area contributed by atoms with Crippen LogP contribution in [-0.4, -0.2) is 53.0 Å². The molecule has 2 aliphatic rings. The summed E-state index contributed by atoms with van der Waals surface area (Å²) in [4.78, 5) is 22.0. The molecule has 0 bridgehead atoms. The molecule has 1 aliphatic heterocycles.